The van der Waals surface area contributed by atoms with Crippen molar-refractivity contribution in [2.45, 2.75) is 37.6 Å². The number of ether oxygens (including phenoxy) is 3. The molecule has 2 N–H and O–H groups in total. The molecule has 0 bridgehead atoms. The zero-order chi connectivity index (χ0) is 19.4. The summed E-state index contributed by atoms with van der Waals surface area (Å²) in [5.41, 5.74) is 0.574. The molecule has 1 saturated heterocycles. The monoisotopic (exact) mass is 372 g/mol. The molecule has 2 aromatic rings. The second-order valence-corrected chi connectivity index (χ2v) is 6.19. The van der Waals surface area contributed by atoms with Gasteiger partial charge in [-0.1, -0.05) is 36.4 Å². The molecule has 0 aromatic heterocycles. The van der Waals surface area contributed by atoms with Crippen molar-refractivity contribution in [3.8, 4) is 0 Å². The number of carbonyl (C=O) groups is 2. The topological polar surface area (TPSA) is 102 Å². The highest BCUT2D eigenvalue weighted by molar-refractivity contribution is 5.90. The maximum absolute atomic E-state index is 12.4. The van der Waals surface area contributed by atoms with Crippen molar-refractivity contribution in [2.75, 3.05) is 0 Å². The van der Waals surface area contributed by atoms with Crippen molar-refractivity contribution >= 4 is 11.9 Å². The number of hydrogen-bond acceptors (Lipinski definition) is 7. The highest BCUT2D eigenvalue weighted by atomic mass is 16.7. The van der Waals surface area contributed by atoms with E-state index in [0.29, 0.717) is 5.56 Å². The minimum absolute atomic E-state index is 0.270. The number of benzene rings is 2. The molecule has 0 spiro atoms. The molecule has 0 radical (unpaired) electrons. The van der Waals surface area contributed by atoms with Crippen LogP contribution in [0, 0.1) is 0 Å². The van der Waals surface area contributed by atoms with E-state index in [4.69, 9.17) is 14.2 Å². The number of carbonyl (C=O) groups excluding carboxylic acids is 2. The first-order valence-corrected chi connectivity index (χ1v) is 8.51. The number of esters is 2. The van der Waals surface area contributed by atoms with Crippen LogP contribution >= 0.6 is 0 Å². The predicted octanol–water partition coefficient (Wildman–Crippen LogP) is 1.54. The molecule has 0 aliphatic carbocycles. The van der Waals surface area contributed by atoms with E-state index in [1.165, 1.54) is 0 Å². The van der Waals surface area contributed by atoms with Crippen LogP contribution in [-0.4, -0.2) is 52.9 Å². The Morgan fingerprint density at radius 2 is 1.26 bits per heavy atom. The first-order valence-electron chi connectivity index (χ1n) is 8.51. The van der Waals surface area contributed by atoms with Crippen LogP contribution in [0.15, 0.2) is 60.7 Å². The zero-order valence-electron chi connectivity index (χ0n) is 14.6. The molecule has 1 aliphatic rings. The van der Waals surface area contributed by atoms with Gasteiger partial charge in [-0.25, -0.2) is 9.59 Å². The summed E-state index contributed by atoms with van der Waals surface area (Å²) >= 11 is 0. The summed E-state index contributed by atoms with van der Waals surface area (Å²) in [6.07, 6.45) is -6.32. The van der Waals surface area contributed by atoms with E-state index < -0.39 is 42.6 Å². The molecular formula is C20H20O7. The van der Waals surface area contributed by atoms with Gasteiger partial charge in [0.25, 0.3) is 0 Å². The van der Waals surface area contributed by atoms with Crippen LogP contribution in [0.1, 0.15) is 27.6 Å². The van der Waals surface area contributed by atoms with Gasteiger partial charge >= 0.3 is 11.9 Å². The van der Waals surface area contributed by atoms with Crippen molar-refractivity contribution in [3.05, 3.63) is 71.8 Å². The minimum Gasteiger partial charge on any atom is -0.452 e. The predicted molar refractivity (Wildman–Crippen MR) is 93.9 cm³/mol. The second kappa shape index (κ2) is 8.30. The van der Waals surface area contributed by atoms with Crippen LogP contribution in [0.5, 0.6) is 0 Å². The van der Waals surface area contributed by atoms with Gasteiger partial charge in [-0.3, -0.25) is 0 Å². The van der Waals surface area contributed by atoms with Crippen molar-refractivity contribution in [3.63, 3.8) is 0 Å². The summed E-state index contributed by atoms with van der Waals surface area (Å²) < 4.78 is 16.0. The molecule has 7 heteroatoms. The quantitative estimate of drug-likeness (QED) is 0.785. The third-order valence-corrected chi connectivity index (χ3v) is 4.27. The van der Waals surface area contributed by atoms with E-state index in [1.54, 1.807) is 67.6 Å². The maximum atomic E-state index is 12.4. The summed E-state index contributed by atoms with van der Waals surface area (Å²) in [6, 6.07) is 16.5. The van der Waals surface area contributed by atoms with Gasteiger partial charge in [-0.2, -0.15) is 0 Å². The Kier molecular flexibility index (Phi) is 5.85. The Morgan fingerprint density at radius 1 is 0.815 bits per heavy atom. The second-order valence-electron chi connectivity index (χ2n) is 6.19. The van der Waals surface area contributed by atoms with Gasteiger partial charge in [0.2, 0.25) is 0 Å². The van der Waals surface area contributed by atoms with E-state index >= 15 is 0 Å². The van der Waals surface area contributed by atoms with E-state index in [1.807, 2.05) is 0 Å². The fourth-order valence-corrected chi connectivity index (χ4v) is 2.83. The molecule has 7 nitrogen and oxygen atoms in total. The fraction of sp³-hybridized carbons (Fsp3) is 0.300. The third-order valence-electron chi connectivity index (χ3n) is 4.27. The van der Waals surface area contributed by atoms with Gasteiger partial charge in [0.1, 0.15) is 6.10 Å². The van der Waals surface area contributed by atoms with Crippen molar-refractivity contribution in [2.24, 2.45) is 0 Å². The van der Waals surface area contributed by atoms with Gasteiger partial charge in [0.05, 0.1) is 17.2 Å². The lowest BCUT2D eigenvalue weighted by molar-refractivity contribution is -0.276. The summed E-state index contributed by atoms with van der Waals surface area (Å²) in [4.78, 5) is 24.8. The number of aliphatic hydroxyl groups excluding tert-OH is 2. The molecule has 1 aliphatic heterocycles. The summed E-state index contributed by atoms with van der Waals surface area (Å²) in [7, 11) is 0. The third kappa shape index (κ3) is 4.33. The Morgan fingerprint density at radius 3 is 1.74 bits per heavy atom. The van der Waals surface area contributed by atoms with Gasteiger partial charge < -0.3 is 24.4 Å². The Bertz CT molecular complexity index is 777. The van der Waals surface area contributed by atoms with Crippen LogP contribution < -0.4 is 0 Å². The highest BCUT2D eigenvalue weighted by Crippen LogP contribution is 2.26. The molecule has 0 amide bonds. The molecule has 0 saturated carbocycles. The van der Waals surface area contributed by atoms with Crippen LogP contribution in [0.3, 0.4) is 0 Å². The fourth-order valence-electron chi connectivity index (χ4n) is 2.83. The Hall–Kier alpha value is -2.74. The molecule has 27 heavy (non-hydrogen) atoms. The Labute approximate surface area is 156 Å². The first kappa shape index (κ1) is 19.0. The lowest BCUT2D eigenvalue weighted by atomic mass is 9.99. The molecular weight excluding hydrogens is 352 g/mol. The summed E-state index contributed by atoms with van der Waals surface area (Å²) in [5, 5.41) is 20.1. The minimum atomic E-state index is -1.57. The molecule has 5 atom stereocenters. The average Bonchev–Trinajstić information content (AvgIpc) is 2.69. The molecule has 0 unspecified atom stereocenters. The van der Waals surface area contributed by atoms with Crippen molar-refractivity contribution in [1.29, 1.82) is 0 Å². The lowest BCUT2D eigenvalue weighted by Gasteiger charge is -2.40. The van der Waals surface area contributed by atoms with Gasteiger partial charge in [-0.05, 0) is 31.2 Å². The summed E-state index contributed by atoms with van der Waals surface area (Å²) in [5.74, 6) is -1.36. The largest absolute Gasteiger partial charge is 0.452 e. The van der Waals surface area contributed by atoms with Gasteiger partial charge in [0, 0.05) is 0 Å². The van der Waals surface area contributed by atoms with E-state index in [0.717, 1.165) is 0 Å². The van der Waals surface area contributed by atoms with E-state index in [9.17, 15) is 19.8 Å². The van der Waals surface area contributed by atoms with Gasteiger partial charge in [0.15, 0.2) is 18.5 Å². The molecule has 3 rings (SSSR count). The van der Waals surface area contributed by atoms with Gasteiger partial charge in [-0.15, -0.1) is 0 Å². The van der Waals surface area contributed by atoms with Crippen molar-refractivity contribution < 1.29 is 34.0 Å². The molecule has 142 valence electrons. The number of rotatable bonds is 4. The van der Waals surface area contributed by atoms with Crippen LogP contribution in [0.4, 0.5) is 0 Å². The number of hydrogen-bond donors (Lipinski definition) is 2. The van der Waals surface area contributed by atoms with E-state index in [2.05, 4.69) is 0 Å². The molecule has 1 fully saturated rings. The normalized spacial score (nSPS) is 27.6. The molecule has 2 aromatic carbocycles. The Balaban J connectivity index is 1.80. The smallest absolute Gasteiger partial charge is 0.338 e. The first-order chi connectivity index (χ1) is 13.0. The lowest BCUT2D eigenvalue weighted by Crippen LogP contribution is -2.59. The average molecular weight is 372 g/mol. The maximum Gasteiger partial charge on any atom is 0.338 e. The number of aliphatic hydroxyl groups is 2. The van der Waals surface area contributed by atoms with Crippen LogP contribution in [-0.2, 0) is 14.2 Å². The van der Waals surface area contributed by atoms with Crippen LogP contribution in [0.25, 0.3) is 0 Å². The van der Waals surface area contributed by atoms with Crippen molar-refractivity contribution in [1.82, 2.24) is 0 Å². The highest BCUT2D eigenvalue weighted by Gasteiger charge is 2.47. The van der Waals surface area contributed by atoms with E-state index in [-0.39, 0.29) is 5.56 Å². The summed E-state index contributed by atoms with van der Waals surface area (Å²) in [6.45, 7) is 1.56. The standard InChI is InChI=1S/C20H20O7/c1-12-16(26-18(22)13-8-4-2-5-9-13)17(15(21)20(24)25-12)27-19(23)14-10-6-3-7-11-14/h2-12,15-17,20-21,24H,1H3/t12-,15+,16-,17-,20+/m0/s1. The SMILES string of the molecule is C[C@@H]1O[C@@H](O)[C@H](O)[C@H](OC(=O)c2ccccc2)[C@H]1OC(=O)c1ccccc1. The molecule has 1 heterocycles. The van der Waals surface area contributed by atoms with Crippen LogP contribution in [0.2, 0.25) is 0 Å². The zero-order valence-corrected chi connectivity index (χ0v) is 14.6.